The number of thiazole rings is 1. The van der Waals surface area contributed by atoms with Crippen LogP contribution in [0, 0.1) is 6.92 Å². The Balaban J connectivity index is 1.82. The summed E-state index contributed by atoms with van der Waals surface area (Å²) >= 11 is 1.50. The molecule has 0 fully saturated rings. The maximum absolute atomic E-state index is 5.55. The Kier molecular flexibility index (Phi) is 3.58. The zero-order valence-corrected chi connectivity index (χ0v) is 11.9. The summed E-state index contributed by atoms with van der Waals surface area (Å²) in [6.45, 7) is 2.50. The van der Waals surface area contributed by atoms with Crippen LogP contribution in [0.1, 0.15) is 22.0 Å². The predicted octanol–water partition coefficient (Wildman–Crippen LogP) is 2.55. The second kappa shape index (κ2) is 5.52. The van der Waals surface area contributed by atoms with Gasteiger partial charge in [0.25, 0.3) is 5.89 Å². The minimum absolute atomic E-state index is 0.425. The van der Waals surface area contributed by atoms with Gasteiger partial charge in [-0.15, -0.1) is 11.3 Å². The molecule has 0 saturated heterocycles. The van der Waals surface area contributed by atoms with E-state index < -0.39 is 0 Å². The van der Waals surface area contributed by atoms with Crippen molar-refractivity contribution in [2.75, 3.05) is 0 Å². The molecular formula is C14H14N4OS. The molecule has 0 aliphatic heterocycles. The van der Waals surface area contributed by atoms with Crippen molar-refractivity contribution < 1.29 is 4.52 Å². The lowest BCUT2D eigenvalue weighted by atomic mass is 10.1. The van der Waals surface area contributed by atoms with Gasteiger partial charge in [-0.05, 0) is 18.1 Å². The molecule has 3 rings (SSSR count). The van der Waals surface area contributed by atoms with E-state index in [0.29, 0.717) is 30.4 Å². The second-order valence-electron chi connectivity index (χ2n) is 4.45. The van der Waals surface area contributed by atoms with E-state index in [4.69, 9.17) is 10.3 Å². The molecule has 20 heavy (non-hydrogen) atoms. The van der Waals surface area contributed by atoms with E-state index in [0.717, 1.165) is 5.01 Å². The molecule has 0 atom stereocenters. The van der Waals surface area contributed by atoms with Crippen molar-refractivity contribution >= 4 is 11.3 Å². The standard InChI is InChI=1S/C14H14N4OS/c1-9-4-2-3-5-10(9)6-12-17-14(19-18-12)11-8-20-13(7-15)16-11/h2-5,8H,6-7,15H2,1H3. The van der Waals surface area contributed by atoms with E-state index in [1.54, 1.807) is 0 Å². The van der Waals surface area contributed by atoms with Crippen LogP contribution >= 0.6 is 11.3 Å². The number of hydrogen-bond acceptors (Lipinski definition) is 6. The molecule has 0 aliphatic rings. The van der Waals surface area contributed by atoms with Crippen LogP contribution in [0.15, 0.2) is 34.2 Å². The molecule has 0 bridgehead atoms. The summed E-state index contributed by atoms with van der Waals surface area (Å²) in [6, 6.07) is 8.17. The van der Waals surface area contributed by atoms with Crippen LogP contribution in [0.25, 0.3) is 11.6 Å². The number of aromatic nitrogens is 3. The van der Waals surface area contributed by atoms with Crippen LogP contribution in [-0.4, -0.2) is 15.1 Å². The van der Waals surface area contributed by atoms with Gasteiger partial charge in [0.15, 0.2) is 5.82 Å². The summed E-state index contributed by atoms with van der Waals surface area (Å²) in [6.07, 6.45) is 0.657. The Morgan fingerprint density at radius 1 is 1.25 bits per heavy atom. The van der Waals surface area contributed by atoms with Gasteiger partial charge in [0, 0.05) is 18.3 Å². The van der Waals surface area contributed by atoms with E-state index in [2.05, 4.69) is 34.2 Å². The van der Waals surface area contributed by atoms with Crippen molar-refractivity contribution in [1.29, 1.82) is 0 Å². The number of aryl methyl sites for hydroxylation is 1. The molecule has 6 heteroatoms. The third-order valence-corrected chi connectivity index (χ3v) is 3.89. The number of nitrogens with two attached hydrogens (primary N) is 1. The molecule has 1 aromatic carbocycles. The molecule has 102 valence electrons. The zero-order chi connectivity index (χ0) is 13.9. The highest BCUT2D eigenvalue weighted by atomic mass is 32.1. The second-order valence-corrected chi connectivity index (χ2v) is 5.39. The SMILES string of the molecule is Cc1ccccc1Cc1noc(-c2csc(CN)n2)n1. The van der Waals surface area contributed by atoms with Crippen molar-refractivity contribution in [3.05, 3.63) is 51.6 Å². The van der Waals surface area contributed by atoms with Crippen molar-refractivity contribution in [1.82, 2.24) is 15.1 Å². The summed E-state index contributed by atoms with van der Waals surface area (Å²) in [5.74, 6) is 1.11. The highest BCUT2D eigenvalue weighted by Crippen LogP contribution is 2.21. The normalized spacial score (nSPS) is 10.9. The van der Waals surface area contributed by atoms with Crippen LogP contribution < -0.4 is 5.73 Å². The summed E-state index contributed by atoms with van der Waals surface area (Å²) in [4.78, 5) is 8.72. The molecule has 2 N–H and O–H groups in total. The van der Waals surface area contributed by atoms with Crippen molar-refractivity contribution in [2.45, 2.75) is 19.9 Å². The lowest BCUT2D eigenvalue weighted by molar-refractivity contribution is 0.423. The van der Waals surface area contributed by atoms with Crippen molar-refractivity contribution in [3.8, 4) is 11.6 Å². The first-order chi connectivity index (χ1) is 9.76. The maximum Gasteiger partial charge on any atom is 0.277 e. The largest absolute Gasteiger partial charge is 0.332 e. The first kappa shape index (κ1) is 13.0. The topological polar surface area (TPSA) is 77.8 Å². The van der Waals surface area contributed by atoms with E-state index >= 15 is 0 Å². The van der Waals surface area contributed by atoms with E-state index in [-0.39, 0.29) is 0 Å². The van der Waals surface area contributed by atoms with Crippen molar-refractivity contribution in [2.24, 2.45) is 5.73 Å². The van der Waals surface area contributed by atoms with Crippen LogP contribution in [0.5, 0.6) is 0 Å². The minimum Gasteiger partial charge on any atom is -0.332 e. The van der Waals surface area contributed by atoms with Gasteiger partial charge in [-0.2, -0.15) is 4.98 Å². The molecule has 0 spiro atoms. The maximum atomic E-state index is 5.55. The number of rotatable bonds is 4. The molecule has 2 heterocycles. The molecule has 0 unspecified atom stereocenters. The molecule has 5 nitrogen and oxygen atoms in total. The average Bonchev–Trinajstić information content (AvgIpc) is 3.10. The Hall–Kier alpha value is -2.05. The molecule has 0 radical (unpaired) electrons. The van der Waals surface area contributed by atoms with Gasteiger partial charge in [0.05, 0.1) is 0 Å². The monoisotopic (exact) mass is 286 g/mol. The molecule has 0 amide bonds. The fourth-order valence-corrected chi connectivity index (χ4v) is 2.56. The molecule has 0 saturated carbocycles. The van der Waals surface area contributed by atoms with Gasteiger partial charge < -0.3 is 10.3 Å². The minimum atomic E-state index is 0.425. The van der Waals surface area contributed by atoms with Crippen LogP contribution in [-0.2, 0) is 13.0 Å². The molecule has 3 aromatic rings. The number of nitrogens with zero attached hydrogens (tertiary/aromatic N) is 3. The quantitative estimate of drug-likeness (QED) is 0.797. The Morgan fingerprint density at radius 2 is 2.10 bits per heavy atom. The number of hydrogen-bond donors (Lipinski definition) is 1. The summed E-state index contributed by atoms with van der Waals surface area (Å²) in [5, 5.41) is 6.75. The third-order valence-electron chi connectivity index (χ3n) is 3.02. The smallest absolute Gasteiger partial charge is 0.277 e. The Labute approximate surface area is 120 Å². The fraction of sp³-hybridized carbons (Fsp3) is 0.214. The highest BCUT2D eigenvalue weighted by molar-refractivity contribution is 7.09. The summed E-state index contributed by atoms with van der Waals surface area (Å²) in [7, 11) is 0. The van der Waals surface area contributed by atoms with Crippen LogP contribution in [0.2, 0.25) is 0 Å². The van der Waals surface area contributed by atoms with Gasteiger partial charge in [0.2, 0.25) is 0 Å². The van der Waals surface area contributed by atoms with Gasteiger partial charge in [0.1, 0.15) is 10.7 Å². The van der Waals surface area contributed by atoms with Gasteiger partial charge in [-0.25, -0.2) is 4.98 Å². The average molecular weight is 286 g/mol. The Bertz CT molecular complexity index is 719. The third kappa shape index (κ3) is 2.61. The first-order valence-electron chi connectivity index (χ1n) is 6.28. The number of benzene rings is 1. The Morgan fingerprint density at radius 3 is 2.85 bits per heavy atom. The highest BCUT2D eigenvalue weighted by Gasteiger charge is 2.13. The molecule has 0 aliphatic carbocycles. The molecular weight excluding hydrogens is 272 g/mol. The van der Waals surface area contributed by atoms with E-state index in [1.807, 2.05) is 17.5 Å². The molecule has 2 aromatic heterocycles. The lowest BCUT2D eigenvalue weighted by Gasteiger charge is -2.00. The predicted molar refractivity (Wildman–Crippen MR) is 77.3 cm³/mol. The van der Waals surface area contributed by atoms with Gasteiger partial charge in [-0.3, -0.25) is 0 Å². The summed E-state index contributed by atoms with van der Waals surface area (Å²) in [5.41, 5.74) is 8.66. The van der Waals surface area contributed by atoms with Gasteiger partial charge in [-0.1, -0.05) is 29.4 Å². The summed E-state index contributed by atoms with van der Waals surface area (Å²) < 4.78 is 5.26. The zero-order valence-electron chi connectivity index (χ0n) is 11.0. The fourth-order valence-electron chi connectivity index (χ4n) is 1.91. The van der Waals surface area contributed by atoms with Crippen LogP contribution in [0.3, 0.4) is 0 Å². The van der Waals surface area contributed by atoms with Crippen molar-refractivity contribution in [3.63, 3.8) is 0 Å². The van der Waals surface area contributed by atoms with E-state index in [9.17, 15) is 0 Å². The van der Waals surface area contributed by atoms with Crippen LogP contribution in [0.4, 0.5) is 0 Å². The van der Waals surface area contributed by atoms with Gasteiger partial charge >= 0.3 is 0 Å². The van der Waals surface area contributed by atoms with E-state index in [1.165, 1.54) is 22.5 Å². The lowest BCUT2D eigenvalue weighted by Crippen LogP contribution is -1.95. The first-order valence-corrected chi connectivity index (χ1v) is 7.16.